The largest absolute Gasteiger partial charge is 0.456 e. The fourth-order valence-electron chi connectivity index (χ4n) is 6.76. The van der Waals surface area contributed by atoms with E-state index in [0.29, 0.717) is 11.3 Å². The van der Waals surface area contributed by atoms with Gasteiger partial charge in [0.1, 0.15) is 11.2 Å². The van der Waals surface area contributed by atoms with Crippen molar-refractivity contribution in [2.75, 3.05) is 0 Å². The molecule has 0 spiro atoms. The van der Waals surface area contributed by atoms with E-state index in [1.54, 1.807) is 12.1 Å². The molecule has 0 unspecified atom stereocenters. The first-order valence-corrected chi connectivity index (χ1v) is 16.7. The molecular weight excluding hydrogens is 813 g/mol. The number of hydrogen-bond donors (Lipinski definition) is 0. The number of aromatic nitrogens is 2. The Kier molecular flexibility index (Phi) is 8.02. The van der Waals surface area contributed by atoms with Gasteiger partial charge in [0.15, 0.2) is 0 Å². The molecule has 0 atom stereocenters. The summed E-state index contributed by atoms with van der Waals surface area (Å²) >= 11 is 0. The number of hydrogen-bond acceptors (Lipinski definition) is 3. The number of rotatable bonds is 4. The van der Waals surface area contributed by atoms with Crippen molar-refractivity contribution in [3.8, 4) is 44.8 Å². The zero-order valence-electron chi connectivity index (χ0n) is 34.5. The van der Waals surface area contributed by atoms with Gasteiger partial charge in [0.05, 0.1) is 0 Å². The van der Waals surface area contributed by atoms with Crippen molar-refractivity contribution in [3.05, 3.63) is 180 Å². The van der Waals surface area contributed by atoms with Gasteiger partial charge in [-0.2, -0.15) is 0 Å². The van der Waals surface area contributed by atoms with E-state index in [0.717, 1.165) is 33.4 Å². The zero-order valence-corrected chi connectivity index (χ0v) is 30.9. The molecule has 0 bridgehead atoms. The van der Waals surface area contributed by atoms with E-state index in [1.807, 2.05) is 24.4 Å². The van der Waals surface area contributed by atoms with E-state index in [2.05, 4.69) is 116 Å². The molecule has 9 rings (SSSR count). The van der Waals surface area contributed by atoms with Gasteiger partial charge in [-0.05, 0) is 94.4 Å². The Morgan fingerprint density at radius 3 is 2.19 bits per heavy atom. The third-order valence-electron chi connectivity index (χ3n) is 9.17. The van der Waals surface area contributed by atoms with Gasteiger partial charge in [-0.15, -0.1) is 70.8 Å². The van der Waals surface area contributed by atoms with Crippen LogP contribution >= 0.6 is 0 Å². The number of aryl methyl sites for hydroxylation is 4. The van der Waals surface area contributed by atoms with Gasteiger partial charge in [0.2, 0.25) is 0 Å². The molecule has 0 N–H and O–H groups in total. The summed E-state index contributed by atoms with van der Waals surface area (Å²) in [6.45, 7) is -0.0142. The van der Waals surface area contributed by atoms with E-state index >= 15 is 0 Å². The van der Waals surface area contributed by atoms with Crippen LogP contribution in [0.2, 0.25) is 0 Å². The van der Waals surface area contributed by atoms with Crippen LogP contribution in [0.25, 0.3) is 77.5 Å². The van der Waals surface area contributed by atoms with Crippen molar-refractivity contribution >= 4 is 32.7 Å². The molecule has 3 aromatic heterocycles. The molecule has 0 amide bonds. The zero-order chi connectivity index (χ0) is 39.9. The van der Waals surface area contributed by atoms with Crippen molar-refractivity contribution in [3.63, 3.8) is 0 Å². The Balaban J connectivity index is 0.000000208. The summed E-state index contributed by atoms with van der Waals surface area (Å²) in [4.78, 5) is 8.79. The van der Waals surface area contributed by atoms with Gasteiger partial charge >= 0.3 is 0 Å². The first-order chi connectivity index (χ1) is 27.3. The van der Waals surface area contributed by atoms with Gasteiger partial charge < -0.3 is 14.4 Å². The standard InChI is InChI=1S/C35H24NO.C13H12N.Ir/c1-22-8-5-9-23(2)34(22)26-18-19-36-31(21-26)25-11-6-10-24(20-25)27-13-7-14-29-28(27)16-17-33-35(29)30-12-3-4-15-32(30)37-33;1-10-3-6-12(7-4-10)13-8-5-11(2)9-14-13;/h3-10,12-21H,1-2H3;3-6,8-9H,1-2H3;/q2*-1;/i;1D3,2D3;. The quantitative estimate of drug-likeness (QED) is 0.166. The molecule has 3 heterocycles. The molecule has 6 aromatic carbocycles. The molecule has 0 saturated carbocycles. The third kappa shape index (κ3) is 6.84. The molecule has 0 fully saturated rings. The maximum absolute atomic E-state index is 7.28. The molecule has 0 aliphatic heterocycles. The minimum atomic E-state index is -2.18. The molecule has 9 aromatic rings. The molecule has 1 radical (unpaired) electrons. The molecule has 0 saturated heterocycles. The monoisotopic (exact) mass is 855 g/mol. The van der Waals surface area contributed by atoms with Crippen molar-refractivity contribution in [1.82, 2.24) is 9.97 Å². The Morgan fingerprint density at radius 1 is 0.596 bits per heavy atom. The first kappa shape index (κ1) is 28.0. The summed E-state index contributed by atoms with van der Waals surface area (Å²) < 4.78 is 49.8. The number of nitrogens with zero attached hydrogens (tertiary/aromatic N) is 2. The van der Waals surface area contributed by atoms with Crippen LogP contribution in [0.1, 0.15) is 30.5 Å². The summed E-state index contributed by atoms with van der Waals surface area (Å²) in [6, 6.07) is 49.9. The van der Waals surface area contributed by atoms with Crippen LogP contribution in [0.5, 0.6) is 0 Å². The number of pyridine rings is 2. The van der Waals surface area contributed by atoms with Gasteiger partial charge in [-0.25, -0.2) is 0 Å². The van der Waals surface area contributed by atoms with E-state index in [9.17, 15) is 0 Å². The Morgan fingerprint density at radius 2 is 1.40 bits per heavy atom. The van der Waals surface area contributed by atoms with Crippen molar-refractivity contribution in [2.24, 2.45) is 0 Å². The van der Waals surface area contributed by atoms with Crippen LogP contribution in [0, 0.1) is 39.7 Å². The predicted octanol–water partition coefficient (Wildman–Crippen LogP) is 12.7. The number of benzene rings is 6. The van der Waals surface area contributed by atoms with Crippen molar-refractivity contribution < 1.29 is 32.7 Å². The predicted molar refractivity (Wildman–Crippen MR) is 212 cm³/mol. The van der Waals surface area contributed by atoms with E-state index < -0.39 is 13.7 Å². The number of para-hydroxylation sites is 1. The van der Waals surface area contributed by atoms with Gasteiger partial charge in [0, 0.05) is 51.5 Å². The molecule has 255 valence electrons. The summed E-state index contributed by atoms with van der Waals surface area (Å²) in [5.41, 5.74) is 12.6. The smallest absolute Gasteiger partial charge is 0.136 e. The van der Waals surface area contributed by atoms with Crippen LogP contribution < -0.4 is 0 Å². The van der Waals surface area contributed by atoms with Crippen LogP contribution in [0.3, 0.4) is 0 Å². The topological polar surface area (TPSA) is 38.9 Å². The van der Waals surface area contributed by atoms with Crippen LogP contribution in [-0.4, -0.2) is 9.97 Å². The van der Waals surface area contributed by atoms with Gasteiger partial charge in [-0.3, -0.25) is 0 Å². The summed E-state index contributed by atoms with van der Waals surface area (Å²) in [5.74, 6) is 0. The second-order valence-electron chi connectivity index (χ2n) is 12.5. The van der Waals surface area contributed by atoms with E-state index in [1.165, 1.54) is 68.4 Å². The maximum atomic E-state index is 7.28. The maximum Gasteiger partial charge on any atom is 0.136 e. The normalized spacial score (nSPS) is 13.1. The molecular formula is C48H36IrN2O-2. The van der Waals surface area contributed by atoms with E-state index in [-0.39, 0.29) is 31.2 Å². The first-order valence-electron chi connectivity index (χ1n) is 19.7. The average Bonchev–Trinajstić information content (AvgIpc) is 3.60. The second kappa shape index (κ2) is 14.9. The number of furan rings is 1. The Hall–Kier alpha value is -5.67. The summed E-state index contributed by atoms with van der Waals surface area (Å²) in [5, 5.41) is 4.72. The minimum absolute atomic E-state index is 0. The minimum Gasteiger partial charge on any atom is -0.456 e. The van der Waals surface area contributed by atoms with Gasteiger partial charge in [0.25, 0.3) is 0 Å². The van der Waals surface area contributed by atoms with Crippen LogP contribution in [0.15, 0.2) is 150 Å². The van der Waals surface area contributed by atoms with Crippen LogP contribution in [-0.2, 0) is 20.1 Å². The fourth-order valence-corrected chi connectivity index (χ4v) is 6.76. The second-order valence-corrected chi connectivity index (χ2v) is 12.5. The molecule has 0 aliphatic carbocycles. The van der Waals surface area contributed by atoms with Gasteiger partial charge in [-0.1, -0.05) is 85.7 Å². The van der Waals surface area contributed by atoms with E-state index in [4.69, 9.17) is 17.6 Å². The van der Waals surface area contributed by atoms with Crippen molar-refractivity contribution in [2.45, 2.75) is 27.6 Å². The molecule has 52 heavy (non-hydrogen) atoms. The summed E-state index contributed by atoms with van der Waals surface area (Å²) in [7, 11) is 0. The molecule has 3 nitrogen and oxygen atoms in total. The van der Waals surface area contributed by atoms with Crippen molar-refractivity contribution in [1.29, 1.82) is 0 Å². The average molecular weight is 855 g/mol. The Bertz CT molecular complexity index is 2820. The molecule has 4 heteroatoms. The van der Waals surface area contributed by atoms with Crippen LogP contribution in [0.4, 0.5) is 0 Å². The SMILES string of the molecule is Cc1cccc(C)c1-c1ccnc(-c2[c-]ccc(-c3cccc4c3ccc3oc5ccccc5c34)c2)c1.[2H]C([2H])([2H])c1c[c-]c(-c2ccc(C([2H])([2H])[2H])cn2)cc1.[Ir]. The number of fused-ring (bicyclic) bond motifs is 5. The third-order valence-corrected chi connectivity index (χ3v) is 9.17. The molecule has 0 aliphatic rings. The fraction of sp³-hybridized carbons (Fsp3) is 0.0833. The Labute approximate surface area is 326 Å². The summed E-state index contributed by atoms with van der Waals surface area (Å²) in [6.07, 6.45) is 3.20.